The van der Waals surface area contributed by atoms with Gasteiger partial charge in [-0.2, -0.15) is 0 Å². The van der Waals surface area contributed by atoms with Gasteiger partial charge in [0.25, 0.3) is 0 Å². The Hall–Kier alpha value is -1.23. The normalized spacial score (nSPS) is 18.8. The zero-order valence-corrected chi connectivity index (χ0v) is 10.9. The summed E-state index contributed by atoms with van der Waals surface area (Å²) in [5.41, 5.74) is 6.87. The molecular formula is C11H18ClN3O2. The molecule has 0 radical (unpaired) electrons. The molecule has 1 heterocycles. The van der Waals surface area contributed by atoms with Gasteiger partial charge in [-0.1, -0.05) is 5.57 Å². The Labute approximate surface area is 106 Å². The molecule has 1 aliphatic rings. The summed E-state index contributed by atoms with van der Waals surface area (Å²) >= 11 is 5.63. The van der Waals surface area contributed by atoms with Gasteiger partial charge in [0.05, 0.1) is 5.92 Å². The molecule has 0 aromatic rings. The third-order valence-electron chi connectivity index (χ3n) is 2.96. The average Bonchev–Trinajstić information content (AvgIpc) is 2.41. The van der Waals surface area contributed by atoms with Gasteiger partial charge in [0, 0.05) is 24.7 Å². The lowest BCUT2D eigenvalue weighted by Gasteiger charge is -2.20. The van der Waals surface area contributed by atoms with E-state index in [1.54, 1.807) is 11.8 Å². The van der Waals surface area contributed by atoms with Crippen LogP contribution in [0.2, 0.25) is 0 Å². The number of carbonyl (C=O) groups excluding carboxylic acids is 2. The first-order chi connectivity index (χ1) is 7.97. The van der Waals surface area contributed by atoms with Crippen molar-refractivity contribution < 1.29 is 9.59 Å². The van der Waals surface area contributed by atoms with Crippen LogP contribution in [0.5, 0.6) is 0 Å². The van der Waals surface area contributed by atoms with Gasteiger partial charge in [-0.15, -0.1) is 11.6 Å². The molecule has 1 atom stereocenters. The van der Waals surface area contributed by atoms with Crippen LogP contribution in [-0.2, 0) is 4.79 Å². The summed E-state index contributed by atoms with van der Waals surface area (Å²) in [6.07, 6.45) is 0.725. The monoisotopic (exact) mass is 259 g/mol. The highest BCUT2D eigenvalue weighted by Crippen LogP contribution is 2.19. The Bertz CT molecular complexity index is 355. The Balaban J connectivity index is 2.85. The van der Waals surface area contributed by atoms with Crippen LogP contribution in [0.15, 0.2) is 11.3 Å². The van der Waals surface area contributed by atoms with Crippen molar-refractivity contribution in [2.75, 3.05) is 19.0 Å². The first kappa shape index (κ1) is 13.8. The van der Waals surface area contributed by atoms with Crippen molar-refractivity contribution in [3.63, 3.8) is 0 Å². The number of amides is 3. The zero-order chi connectivity index (χ0) is 13.0. The van der Waals surface area contributed by atoms with E-state index >= 15 is 0 Å². The fourth-order valence-corrected chi connectivity index (χ4v) is 1.98. The molecule has 3 N–H and O–H groups in total. The van der Waals surface area contributed by atoms with Gasteiger partial charge in [-0.05, 0) is 20.3 Å². The van der Waals surface area contributed by atoms with E-state index in [0.717, 1.165) is 12.0 Å². The molecule has 0 fully saturated rings. The molecule has 0 saturated carbocycles. The molecule has 17 heavy (non-hydrogen) atoms. The average molecular weight is 260 g/mol. The smallest absolute Gasteiger partial charge is 0.321 e. The van der Waals surface area contributed by atoms with Crippen molar-refractivity contribution >= 4 is 23.5 Å². The van der Waals surface area contributed by atoms with Crippen LogP contribution >= 0.6 is 11.6 Å². The number of urea groups is 1. The van der Waals surface area contributed by atoms with Gasteiger partial charge in [0.15, 0.2) is 0 Å². The third kappa shape index (κ3) is 3.36. The van der Waals surface area contributed by atoms with Gasteiger partial charge in [0.1, 0.15) is 0 Å². The molecule has 0 aliphatic carbocycles. The number of hydrogen-bond acceptors (Lipinski definition) is 2. The second-order valence-electron chi connectivity index (χ2n) is 4.17. The van der Waals surface area contributed by atoms with Crippen LogP contribution in [0, 0.1) is 5.92 Å². The van der Waals surface area contributed by atoms with E-state index in [-0.39, 0.29) is 6.03 Å². The van der Waals surface area contributed by atoms with Gasteiger partial charge < -0.3 is 16.0 Å². The van der Waals surface area contributed by atoms with Gasteiger partial charge in [-0.3, -0.25) is 4.79 Å². The van der Waals surface area contributed by atoms with Crippen LogP contribution < -0.4 is 11.1 Å². The van der Waals surface area contributed by atoms with Gasteiger partial charge in [-0.25, -0.2) is 4.79 Å². The Kier molecular flexibility index (Phi) is 4.81. The standard InChI is InChI=1S/C11H18ClN3O2/c1-7-3-5-15(6-4-12)11(17)14-9(7)8(2)10(13)16/h8H,3-6H2,1-2H3,(H2,13,16)(H,14,17)/t8-/m0/s1. The number of alkyl halides is 1. The number of carbonyl (C=O) groups is 2. The number of nitrogens with zero attached hydrogens (tertiary/aromatic N) is 1. The number of primary amides is 1. The summed E-state index contributed by atoms with van der Waals surface area (Å²) in [5.74, 6) is -0.520. The van der Waals surface area contributed by atoms with E-state index in [2.05, 4.69) is 5.32 Å². The lowest BCUT2D eigenvalue weighted by Crippen LogP contribution is -2.41. The maximum Gasteiger partial charge on any atom is 0.321 e. The van der Waals surface area contributed by atoms with Crippen LogP contribution in [0.4, 0.5) is 4.79 Å². The highest BCUT2D eigenvalue weighted by atomic mass is 35.5. The maximum atomic E-state index is 11.9. The van der Waals surface area contributed by atoms with Gasteiger partial charge >= 0.3 is 6.03 Å². The van der Waals surface area contributed by atoms with E-state index in [1.807, 2.05) is 6.92 Å². The SMILES string of the molecule is CC1=C([C@H](C)C(N)=O)NC(=O)N(CCCl)CC1. The summed E-state index contributed by atoms with van der Waals surface area (Å²) < 4.78 is 0. The van der Waals surface area contributed by atoms with Crippen molar-refractivity contribution in [3.8, 4) is 0 Å². The molecule has 1 aliphatic heterocycles. The summed E-state index contributed by atoms with van der Waals surface area (Å²) in [5, 5.41) is 2.75. The molecule has 5 nitrogen and oxygen atoms in total. The van der Waals surface area contributed by atoms with Crippen molar-refractivity contribution in [3.05, 3.63) is 11.3 Å². The van der Waals surface area contributed by atoms with Crippen molar-refractivity contribution in [2.24, 2.45) is 11.7 Å². The number of nitrogens with two attached hydrogens (primary N) is 1. The minimum atomic E-state index is -0.477. The lowest BCUT2D eigenvalue weighted by molar-refractivity contribution is -0.120. The Morgan fingerprint density at radius 3 is 2.82 bits per heavy atom. The van der Waals surface area contributed by atoms with E-state index in [0.29, 0.717) is 24.7 Å². The number of rotatable bonds is 4. The summed E-state index contributed by atoms with van der Waals surface area (Å²) in [7, 11) is 0. The molecule has 0 aromatic carbocycles. The van der Waals surface area contributed by atoms with Gasteiger partial charge in [0.2, 0.25) is 5.91 Å². The van der Waals surface area contributed by atoms with E-state index in [4.69, 9.17) is 17.3 Å². The lowest BCUT2D eigenvalue weighted by atomic mass is 10.0. The summed E-state index contributed by atoms with van der Waals surface area (Å²) in [6.45, 7) is 4.70. The van der Waals surface area contributed by atoms with Crippen molar-refractivity contribution in [1.29, 1.82) is 0 Å². The number of hydrogen-bond donors (Lipinski definition) is 2. The second-order valence-corrected chi connectivity index (χ2v) is 4.55. The quantitative estimate of drug-likeness (QED) is 0.740. The second kappa shape index (κ2) is 5.91. The molecule has 0 aromatic heterocycles. The molecule has 1 rings (SSSR count). The van der Waals surface area contributed by atoms with E-state index in [1.165, 1.54) is 0 Å². The summed E-state index contributed by atoms with van der Waals surface area (Å²) in [6, 6.07) is -0.217. The molecule has 0 spiro atoms. The van der Waals surface area contributed by atoms with E-state index in [9.17, 15) is 9.59 Å². The minimum absolute atomic E-state index is 0.217. The maximum absolute atomic E-state index is 11.9. The highest BCUT2D eigenvalue weighted by molar-refractivity contribution is 6.18. The minimum Gasteiger partial charge on any atom is -0.369 e. The van der Waals surface area contributed by atoms with Crippen LogP contribution in [0.1, 0.15) is 20.3 Å². The molecule has 0 bridgehead atoms. The molecule has 3 amide bonds. The highest BCUT2D eigenvalue weighted by Gasteiger charge is 2.25. The third-order valence-corrected chi connectivity index (χ3v) is 3.13. The van der Waals surface area contributed by atoms with E-state index < -0.39 is 11.8 Å². The molecule has 96 valence electrons. The Morgan fingerprint density at radius 2 is 2.29 bits per heavy atom. The zero-order valence-electron chi connectivity index (χ0n) is 10.1. The fourth-order valence-electron chi connectivity index (χ4n) is 1.78. The summed E-state index contributed by atoms with van der Waals surface area (Å²) in [4.78, 5) is 24.7. The van der Waals surface area contributed by atoms with Crippen molar-refractivity contribution in [1.82, 2.24) is 10.2 Å². The predicted octanol–water partition coefficient (Wildman–Crippen LogP) is 1.04. The molecular weight excluding hydrogens is 242 g/mol. The molecule has 0 saturated heterocycles. The first-order valence-electron chi connectivity index (χ1n) is 5.58. The first-order valence-corrected chi connectivity index (χ1v) is 6.11. The molecule has 6 heteroatoms. The molecule has 0 unspecified atom stereocenters. The Morgan fingerprint density at radius 1 is 1.65 bits per heavy atom. The van der Waals surface area contributed by atoms with Crippen LogP contribution in [-0.4, -0.2) is 35.8 Å². The van der Waals surface area contributed by atoms with Crippen molar-refractivity contribution in [2.45, 2.75) is 20.3 Å². The number of halogens is 1. The number of nitrogens with one attached hydrogen (secondary N) is 1. The largest absolute Gasteiger partial charge is 0.369 e. The van der Waals surface area contributed by atoms with Crippen LogP contribution in [0.25, 0.3) is 0 Å². The van der Waals surface area contributed by atoms with Crippen LogP contribution in [0.3, 0.4) is 0 Å². The predicted molar refractivity (Wildman–Crippen MR) is 66.5 cm³/mol. The fraction of sp³-hybridized carbons (Fsp3) is 0.636. The topological polar surface area (TPSA) is 75.4 Å².